The molecule has 2 atom stereocenters. The van der Waals surface area contributed by atoms with Crippen LogP contribution >= 0.6 is 0 Å². The van der Waals surface area contributed by atoms with Crippen LogP contribution in [0.2, 0.25) is 0 Å². The first-order valence-electron chi connectivity index (χ1n) is 5.64. The fourth-order valence-corrected chi connectivity index (χ4v) is 2.51. The average Bonchev–Trinajstić information content (AvgIpc) is 2.11. The van der Waals surface area contributed by atoms with Crippen LogP contribution in [-0.2, 0) is 9.53 Å². The van der Waals surface area contributed by atoms with Crippen LogP contribution in [0.5, 0.6) is 0 Å². The van der Waals surface area contributed by atoms with E-state index in [-0.39, 0.29) is 17.0 Å². The van der Waals surface area contributed by atoms with Gasteiger partial charge in [-0.25, -0.2) is 4.79 Å². The van der Waals surface area contributed by atoms with Crippen molar-refractivity contribution >= 4 is 5.97 Å². The highest BCUT2D eigenvalue weighted by Crippen LogP contribution is 2.46. The van der Waals surface area contributed by atoms with E-state index in [1.807, 2.05) is 6.92 Å². The molecule has 0 spiro atoms. The van der Waals surface area contributed by atoms with Crippen LogP contribution in [0.3, 0.4) is 0 Å². The topological polar surface area (TPSA) is 26.3 Å². The number of hydrogen-bond acceptors (Lipinski definition) is 2. The van der Waals surface area contributed by atoms with Gasteiger partial charge in [-0.2, -0.15) is 0 Å². The van der Waals surface area contributed by atoms with Crippen molar-refractivity contribution in [3.63, 3.8) is 0 Å². The summed E-state index contributed by atoms with van der Waals surface area (Å²) >= 11 is 0. The Morgan fingerprint density at radius 1 is 1.47 bits per heavy atom. The lowest BCUT2D eigenvalue weighted by molar-refractivity contribution is -0.161. The molecule has 0 aromatic heterocycles. The van der Waals surface area contributed by atoms with Gasteiger partial charge < -0.3 is 4.74 Å². The van der Waals surface area contributed by atoms with Crippen molar-refractivity contribution in [2.45, 2.75) is 52.6 Å². The molecule has 0 bridgehead atoms. The lowest BCUT2D eigenvalue weighted by Gasteiger charge is -2.45. The maximum Gasteiger partial charge on any atom is 0.330 e. The standard InChI is InChI=1S/C13H22O2/c1-6-11(14)15-13(5)8-7-10(2)12(3,4)9-13/h6,10H,1,7-9H2,2-5H3. The van der Waals surface area contributed by atoms with Crippen LogP contribution in [-0.4, -0.2) is 11.6 Å². The van der Waals surface area contributed by atoms with Gasteiger partial charge in [0.25, 0.3) is 0 Å². The summed E-state index contributed by atoms with van der Waals surface area (Å²) < 4.78 is 5.45. The molecular weight excluding hydrogens is 188 g/mol. The smallest absolute Gasteiger partial charge is 0.330 e. The second-order valence-electron chi connectivity index (χ2n) is 5.68. The fraction of sp³-hybridized carbons (Fsp3) is 0.769. The van der Waals surface area contributed by atoms with E-state index in [0.29, 0.717) is 5.92 Å². The molecule has 2 heteroatoms. The van der Waals surface area contributed by atoms with Crippen LogP contribution in [0.1, 0.15) is 47.0 Å². The minimum absolute atomic E-state index is 0.244. The molecule has 0 aromatic carbocycles. The molecule has 1 saturated carbocycles. The predicted molar refractivity (Wildman–Crippen MR) is 61.5 cm³/mol. The van der Waals surface area contributed by atoms with Crippen molar-refractivity contribution in [1.82, 2.24) is 0 Å². The van der Waals surface area contributed by atoms with Gasteiger partial charge in [0.05, 0.1) is 0 Å². The molecule has 0 radical (unpaired) electrons. The van der Waals surface area contributed by atoms with Gasteiger partial charge in [-0.05, 0) is 37.5 Å². The highest BCUT2D eigenvalue weighted by molar-refractivity contribution is 5.81. The molecule has 0 amide bonds. The van der Waals surface area contributed by atoms with Crippen molar-refractivity contribution in [3.05, 3.63) is 12.7 Å². The first-order chi connectivity index (χ1) is 6.79. The highest BCUT2D eigenvalue weighted by Gasteiger charge is 2.42. The summed E-state index contributed by atoms with van der Waals surface area (Å²) in [5.41, 5.74) is -0.0598. The summed E-state index contributed by atoms with van der Waals surface area (Å²) in [5, 5.41) is 0. The Hall–Kier alpha value is -0.790. The maximum absolute atomic E-state index is 11.2. The molecule has 1 aliphatic rings. The molecule has 0 heterocycles. The molecule has 86 valence electrons. The monoisotopic (exact) mass is 210 g/mol. The number of hydrogen-bond donors (Lipinski definition) is 0. The van der Waals surface area contributed by atoms with Crippen molar-refractivity contribution in [1.29, 1.82) is 0 Å². The summed E-state index contributed by atoms with van der Waals surface area (Å²) in [6, 6.07) is 0. The minimum Gasteiger partial charge on any atom is -0.456 e. The summed E-state index contributed by atoms with van der Waals surface area (Å²) in [6.07, 6.45) is 4.25. The van der Waals surface area contributed by atoms with Gasteiger partial charge in [0.15, 0.2) is 0 Å². The van der Waals surface area contributed by atoms with Gasteiger partial charge in [0, 0.05) is 6.08 Å². The minimum atomic E-state index is -0.304. The number of rotatable bonds is 2. The summed E-state index contributed by atoms with van der Waals surface area (Å²) in [5.74, 6) is 0.385. The SMILES string of the molecule is C=CC(=O)OC1(C)CCC(C)C(C)(C)C1. The van der Waals surface area contributed by atoms with E-state index in [9.17, 15) is 4.79 Å². The van der Waals surface area contributed by atoms with Crippen molar-refractivity contribution in [2.75, 3.05) is 0 Å². The number of carbonyl (C=O) groups is 1. The third-order valence-corrected chi connectivity index (χ3v) is 3.78. The van der Waals surface area contributed by atoms with E-state index < -0.39 is 0 Å². The van der Waals surface area contributed by atoms with E-state index in [2.05, 4.69) is 27.4 Å². The Labute approximate surface area is 92.7 Å². The van der Waals surface area contributed by atoms with Gasteiger partial charge >= 0.3 is 5.97 Å². The Balaban J connectivity index is 2.71. The van der Waals surface area contributed by atoms with Crippen LogP contribution in [0.25, 0.3) is 0 Å². The molecular formula is C13H22O2. The van der Waals surface area contributed by atoms with Crippen LogP contribution in [0.4, 0.5) is 0 Å². The normalized spacial score (nSPS) is 34.5. The van der Waals surface area contributed by atoms with Crippen molar-refractivity contribution in [3.8, 4) is 0 Å². The molecule has 0 saturated heterocycles. The van der Waals surface area contributed by atoms with Gasteiger partial charge in [-0.3, -0.25) is 0 Å². The maximum atomic E-state index is 11.2. The van der Waals surface area contributed by atoms with Gasteiger partial charge in [0.2, 0.25) is 0 Å². The number of ether oxygens (including phenoxy) is 1. The molecule has 1 rings (SSSR count). The first-order valence-corrected chi connectivity index (χ1v) is 5.64. The summed E-state index contributed by atoms with van der Waals surface area (Å²) in [7, 11) is 0. The quantitative estimate of drug-likeness (QED) is 0.516. The third-order valence-electron chi connectivity index (χ3n) is 3.78. The third kappa shape index (κ3) is 2.83. The van der Waals surface area contributed by atoms with Gasteiger partial charge in [0.1, 0.15) is 5.60 Å². The predicted octanol–water partition coefficient (Wildman–Crippen LogP) is 3.32. The number of esters is 1. The molecule has 1 fully saturated rings. The average molecular weight is 210 g/mol. The number of carbonyl (C=O) groups excluding carboxylic acids is 1. The lowest BCUT2D eigenvalue weighted by atomic mass is 9.64. The molecule has 0 aliphatic heterocycles. The molecule has 1 aliphatic carbocycles. The second-order valence-corrected chi connectivity index (χ2v) is 5.68. The van der Waals surface area contributed by atoms with Crippen LogP contribution < -0.4 is 0 Å². The molecule has 0 aromatic rings. The molecule has 2 nitrogen and oxygen atoms in total. The Morgan fingerprint density at radius 3 is 2.53 bits per heavy atom. The Bertz CT molecular complexity index is 268. The van der Waals surface area contributed by atoms with E-state index in [0.717, 1.165) is 19.3 Å². The van der Waals surface area contributed by atoms with E-state index in [1.165, 1.54) is 6.08 Å². The summed E-state index contributed by atoms with van der Waals surface area (Å²) in [4.78, 5) is 11.2. The molecule has 2 unspecified atom stereocenters. The second kappa shape index (κ2) is 3.99. The molecule has 0 N–H and O–H groups in total. The zero-order valence-electron chi connectivity index (χ0n) is 10.3. The van der Waals surface area contributed by atoms with Gasteiger partial charge in [-0.1, -0.05) is 27.4 Å². The lowest BCUT2D eigenvalue weighted by Crippen LogP contribution is -2.43. The van der Waals surface area contributed by atoms with Crippen molar-refractivity contribution < 1.29 is 9.53 Å². The van der Waals surface area contributed by atoms with Crippen LogP contribution in [0, 0.1) is 11.3 Å². The van der Waals surface area contributed by atoms with Gasteiger partial charge in [-0.15, -0.1) is 0 Å². The zero-order chi connectivity index (χ0) is 11.7. The van der Waals surface area contributed by atoms with Crippen molar-refractivity contribution in [2.24, 2.45) is 11.3 Å². The van der Waals surface area contributed by atoms with E-state index in [4.69, 9.17) is 4.74 Å². The Morgan fingerprint density at radius 2 is 2.07 bits per heavy atom. The molecule has 15 heavy (non-hydrogen) atoms. The first kappa shape index (κ1) is 12.3. The van der Waals surface area contributed by atoms with E-state index >= 15 is 0 Å². The van der Waals surface area contributed by atoms with Crippen LogP contribution in [0.15, 0.2) is 12.7 Å². The summed E-state index contributed by atoms with van der Waals surface area (Å²) in [6.45, 7) is 12.2. The Kier molecular flexibility index (Phi) is 3.27. The largest absolute Gasteiger partial charge is 0.456 e. The highest BCUT2D eigenvalue weighted by atomic mass is 16.6. The fourth-order valence-electron chi connectivity index (χ4n) is 2.51. The van der Waals surface area contributed by atoms with E-state index in [1.54, 1.807) is 0 Å². The zero-order valence-corrected chi connectivity index (χ0v) is 10.3.